The fourth-order valence-corrected chi connectivity index (χ4v) is 4.78. The molecular weight excluding hydrogens is 298 g/mol. The van der Waals surface area contributed by atoms with E-state index in [1.165, 1.54) is 34.3 Å². The van der Waals surface area contributed by atoms with Crippen LogP contribution in [-0.2, 0) is 13.0 Å². The minimum atomic E-state index is 0.408. The fourth-order valence-electron chi connectivity index (χ4n) is 2.51. The Morgan fingerprint density at radius 1 is 1.29 bits per heavy atom. The van der Waals surface area contributed by atoms with Crippen LogP contribution in [0.5, 0.6) is 0 Å². The number of thiazole rings is 1. The fraction of sp³-hybridized carbons (Fsp3) is 0.812. The summed E-state index contributed by atoms with van der Waals surface area (Å²) < 4.78 is 0.408. The number of aryl methyl sites for hydroxylation is 1. The number of hydrogen-bond donors (Lipinski definition) is 1. The van der Waals surface area contributed by atoms with Crippen LogP contribution in [0.1, 0.15) is 51.1 Å². The first-order valence-corrected chi connectivity index (χ1v) is 9.94. The minimum Gasteiger partial charge on any atom is -0.347 e. The zero-order chi connectivity index (χ0) is 15.3. The smallest absolute Gasteiger partial charge is 0.185 e. The number of anilines is 1. The van der Waals surface area contributed by atoms with Gasteiger partial charge in [0.2, 0.25) is 0 Å². The van der Waals surface area contributed by atoms with E-state index in [-0.39, 0.29) is 0 Å². The molecule has 0 aromatic carbocycles. The van der Waals surface area contributed by atoms with Gasteiger partial charge in [0.15, 0.2) is 5.13 Å². The molecule has 1 saturated heterocycles. The summed E-state index contributed by atoms with van der Waals surface area (Å²) in [6, 6.07) is 0. The van der Waals surface area contributed by atoms with Crippen LogP contribution < -0.4 is 10.2 Å². The number of rotatable bonds is 6. The molecule has 0 unspecified atom stereocenters. The Morgan fingerprint density at radius 3 is 2.81 bits per heavy atom. The molecule has 1 aliphatic heterocycles. The zero-order valence-corrected chi connectivity index (χ0v) is 15.5. The highest BCUT2D eigenvalue weighted by molar-refractivity contribution is 8.00. The molecule has 21 heavy (non-hydrogen) atoms. The lowest BCUT2D eigenvalue weighted by Gasteiger charge is -2.22. The Kier molecular flexibility index (Phi) is 6.38. The van der Waals surface area contributed by atoms with Crippen LogP contribution in [0.2, 0.25) is 0 Å². The summed E-state index contributed by atoms with van der Waals surface area (Å²) in [6.45, 7) is 13.5. The van der Waals surface area contributed by atoms with Crippen molar-refractivity contribution in [3.8, 4) is 0 Å². The maximum absolute atomic E-state index is 4.92. The predicted octanol–water partition coefficient (Wildman–Crippen LogP) is 3.93. The molecule has 1 aromatic heterocycles. The Hall–Kier alpha value is -0.260. The second kappa shape index (κ2) is 7.84. The van der Waals surface area contributed by atoms with Crippen LogP contribution in [0.25, 0.3) is 0 Å². The summed E-state index contributed by atoms with van der Waals surface area (Å²) in [7, 11) is 0. The third kappa shape index (κ3) is 4.86. The lowest BCUT2D eigenvalue weighted by Crippen LogP contribution is -2.26. The molecule has 2 rings (SSSR count). The third-order valence-corrected chi connectivity index (χ3v) is 6.45. The Balaban J connectivity index is 2.05. The molecule has 2 heterocycles. The summed E-state index contributed by atoms with van der Waals surface area (Å²) >= 11 is 3.99. The van der Waals surface area contributed by atoms with Gasteiger partial charge >= 0.3 is 0 Å². The van der Waals surface area contributed by atoms with E-state index in [4.69, 9.17) is 4.98 Å². The molecule has 120 valence electrons. The van der Waals surface area contributed by atoms with Crippen LogP contribution in [0.15, 0.2) is 0 Å². The van der Waals surface area contributed by atoms with Gasteiger partial charge in [-0.25, -0.2) is 4.98 Å². The molecule has 0 amide bonds. The highest BCUT2D eigenvalue weighted by atomic mass is 32.2. The first-order chi connectivity index (χ1) is 10.1. The van der Waals surface area contributed by atoms with E-state index in [2.05, 4.69) is 49.7 Å². The topological polar surface area (TPSA) is 28.2 Å². The first kappa shape index (κ1) is 17.1. The van der Waals surface area contributed by atoms with E-state index >= 15 is 0 Å². The van der Waals surface area contributed by atoms with Crippen molar-refractivity contribution in [2.24, 2.45) is 0 Å². The van der Waals surface area contributed by atoms with Crippen molar-refractivity contribution in [1.29, 1.82) is 0 Å². The van der Waals surface area contributed by atoms with Crippen molar-refractivity contribution in [2.45, 2.75) is 58.2 Å². The molecule has 1 fully saturated rings. The highest BCUT2D eigenvalue weighted by Crippen LogP contribution is 2.34. The van der Waals surface area contributed by atoms with Crippen molar-refractivity contribution in [1.82, 2.24) is 10.3 Å². The summed E-state index contributed by atoms with van der Waals surface area (Å²) in [5, 5.41) is 4.75. The molecule has 0 aliphatic carbocycles. The largest absolute Gasteiger partial charge is 0.347 e. The molecule has 1 aliphatic rings. The quantitative estimate of drug-likeness (QED) is 0.801. The van der Waals surface area contributed by atoms with Gasteiger partial charge in [-0.15, -0.1) is 11.3 Å². The van der Waals surface area contributed by atoms with E-state index in [0.717, 1.165) is 32.6 Å². The van der Waals surface area contributed by atoms with E-state index < -0.39 is 0 Å². The number of nitrogens with zero attached hydrogens (tertiary/aromatic N) is 2. The Bertz CT molecular complexity index is 443. The van der Waals surface area contributed by atoms with Gasteiger partial charge in [0, 0.05) is 35.0 Å². The summed E-state index contributed by atoms with van der Waals surface area (Å²) in [5.41, 5.74) is 1.29. The molecule has 3 nitrogen and oxygen atoms in total. The average molecular weight is 328 g/mol. The molecule has 0 atom stereocenters. The third-order valence-electron chi connectivity index (χ3n) is 3.92. The zero-order valence-electron chi connectivity index (χ0n) is 13.9. The number of thioether (sulfide) groups is 1. The van der Waals surface area contributed by atoms with E-state index in [0.29, 0.717) is 4.75 Å². The van der Waals surface area contributed by atoms with Gasteiger partial charge in [-0.05, 0) is 25.8 Å². The van der Waals surface area contributed by atoms with Crippen LogP contribution in [0.4, 0.5) is 5.13 Å². The summed E-state index contributed by atoms with van der Waals surface area (Å²) in [5.74, 6) is 1.21. The number of hydrogen-bond acceptors (Lipinski definition) is 5. The maximum atomic E-state index is 4.92. The van der Waals surface area contributed by atoms with Gasteiger partial charge in [0.05, 0.1) is 5.69 Å². The minimum absolute atomic E-state index is 0.408. The average Bonchev–Trinajstić information content (AvgIpc) is 2.76. The standard InChI is InChI=1S/C16H29N3S2/c1-5-8-17-12-14-13(6-2)18-15(21-14)19-9-7-16(3,4)20-11-10-19/h17H,5-12H2,1-4H3. The molecule has 0 radical (unpaired) electrons. The van der Waals surface area contributed by atoms with Crippen molar-refractivity contribution in [3.63, 3.8) is 0 Å². The molecule has 1 aromatic rings. The van der Waals surface area contributed by atoms with Crippen molar-refractivity contribution in [2.75, 3.05) is 30.3 Å². The second-order valence-electron chi connectivity index (χ2n) is 6.24. The van der Waals surface area contributed by atoms with Crippen molar-refractivity contribution >= 4 is 28.2 Å². The lowest BCUT2D eigenvalue weighted by molar-refractivity contribution is 0.637. The molecule has 0 saturated carbocycles. The second-order valence-corrected chi connectivity index (χ2v) is 9.11. The summed E-state index contributed by atoms with van der Waals surface area (Å²) in [6.07, 6.45) is 3.46. The van der Waals surface area contributed by atoms with Crippen LogP contribution in [-0.4, -0.2) is 35.1 Å². The van der Waals surface area contributed by atoms with E-state index in [9.17, 15) is 0 Å². The molecule has 5 heteroatoms. The molecule has 0 bridgehead atoms. The Labute approximate surface area is 137 Å². The molecular formula is C16H29N3S2. The van der Waals surface area contributed by atoms with E-state index in [1.54, 1.807) is 0 Å². The highest BCUT2D eigenvalue weighted by Gasteiger charge is 2.25. The van der Waals surface area contributed by atoms with Gasteiger partial charge in [0.1, 0.15) is 0 Å². The lowest BCUT2D eigenvalue weighted by atomic mass is 10.1. The number of nitrogens with one attached hydrogen (secondary N) is 1. The van der Waals surface area contributed by atoms with Crippen LogP contribution in [0, 0.1) is 0 Å². The monoisotopic (exact) mass is 327 g/mol. The SMILES string of the molecule is CCCNCc1sc(N2CCSC(C)(C)CC2)nc1CC. The normalized spacial score (nSPS) is 18.8. The Morgan fingerprint density at radius 2 is 2.10 bits per heavy atom. The van der Waals surface area contributed by atoms with Gasteiger partial charge in [-0.3, -0.25) is 0 Å². The number of aromatic nitrogens is 1. The van der Waals surface area contributed by atoms with Crippen LogP contribution in [0.3, 0.4) is 0 Å². The first-order valence-electron chi connectivity index (χ1n) is 8.14. The predicted molar refractivity (Wildman–Crippen MR) is 96.9 cm³/mol. The van der Waals surface area contributed by atoms with Gasteiger partial charge in [0.25, 0.3) is 0 Å². The van der Waals surface area contributed by atoms with Crippen molar-refractivity contribution in [3.05, 3.63) is 10.6 Å². The van der Waals surface area contributed by atoms with Gasteiger partial charge in [-0.2, -0.15) is 11.8 Å². The van der Waals surface area contributed by atoms with Crippen LogP contribution >= 0.6 is 23.1 Å². The molecule has 0 spiro atoms. The van der Waals surface area contributed by atoms with Gasteiger partial charge in [-0.1, -0.05) is 27.7 Å². The summed E-state index contributed by atoms with van der Waals surface area (Å²) in [4.78, 5) is 8.84. The molecule has 1 N–H and O–H groups in total. The van der Waals surface area contributed by atoms with Crippen molar-refractivity contribution < 1.29 is 0 Å². The maximum Gasteiger partial charge on any atom is 0.185 e. The van der Waals surface area contributed by atoms with Gasteiger partial charge < -0.3 is 10.2 Å². The van der Waals surface area contributed by atoms with E-state index in [1.807, 2.05) is 11.3 Å².